The molecule has 0 saturated heterocycles. The highest BCUT2D eigenvalue weighted by atomic mass is 35.5. The Morgan fingerprint density at radius 3 is 2.80 bits per heavy atom. The Morgan fingerprint density at radius 1 is 1.40 bits per heavy atom. The summed E-state index contributed by atoms with van der Waals surface area (Å²) < 4.78 is 7.39. The highest BCUT2D eigenvalue weighted by molar-refractivity contribution is 6.31. The van der Waals surface area contributed by atoms with Gasteiger partial charge in [-0.1, -0.05) is 29.8 Å². The summed E-state index contributed by atoms with van der Waals surface area (Å²) >= 11 is 6.15. The largest absolute Gasteiger partial charge is 0.467 e. The molecular formula is C16H16ClN5O3. The summed E-state index contributed by atoms with van der Waals surface area (Å²) in [5, 5.41) is 8.51. The molecule has 3 aromatic rings. The van der Waals surface area contributed by atoms with E-state index in [0.717, 1.165) is 5.56 Å². The van der Waals surface area contributed by atoms with E-state index < -0.39 is 17.6 Å². The summed E-state index contributed by atoms with van der Waals surface area (Å²) in [7, 11) is 1.28. The van der Waals surface area contributed by atoms with Crippen molar-refractivity contribution >= 4 is 28.7 Å². The number of nitrogens with zero attached hydrogens (tertiary/aromatic N) is 5. The third kappa shape index (κ3) is 2.89. The second-order valence-electron chi connectivity index (χ2n) is 5.51. The van der Waals surface area contributed by atoms with Crippen molar-refractivity contribution in [2.45, 2.75) is 26.3 Å². The van der Waals surface area contributed by atoms with E-state index >= 15 is 0 Å². The minimum atomic E-state index is -0.756. The zero-order chi connectivity index (χ0) is 18.1. The first-order valence-electron chi connectivity index (χ1n) is 7.64. The minimum absolute atomic E-state index is 0.0709. The van der Waals surface area contributed by atoms with E-state index in [1.807, 2.05) is 19.1 Å². The standard InChI is InChI=1S/C16H16ClN5O3/c1-4-12(16(24)25-3)21-8-18-14-13(15(21)23)19-20-22(14)10-6-5-9(2)11(17)7-10/h5-8,12H,4H2,1-3H3/t12-/m1/s1. The summed E-state index contributed by atoms with van der Waals surface area (Å²) in [6.45, 7) is 3.67. The number of ether oxygens (including phenoxy) is 1. The van der Waals surface area contributed by atoms with Crippen LogP contribution in [0.4, 0.5) is 0 Å². The van der Waals surface area contributed by atoms with Gasteiger partial charge in [0, 0.05) is 5.02 Å². The van der Waals surface area contributed by atoms with Gasteiger partial charge in [-0.3, -0.25) is 9.36 Å². The number of benzene rings is 1. The third-order valence-electron chi connectivity index (χ3n) is 3.98. The molecule has 2 aromatic heterocycles. The van der Waals surface area contributed by atoms with Gasteiger partial charge in [-0.05, 0) is 31.0 Å². The maximum atomic E-state index is 12.7. The average molecular weight is 362 g/mol. The second-order valence-corrected chi connectivity index (χ2v) is 5.92. The highest BCUT2D eigenvalue weighted by Crippen LogP contribution is 2.21. The second kappa shape index (κ2) is 6.64. The van der Waals surface area contributed by atoms with Crippen molar-refractivity contribution < 1.29 is 9.53 Å². The number of halogens is 1. The topological polar surface area (TPSA) is 91.9 Å². The Balaban J connectivity index is 2.15. The minimum Gasteiger partial charge on any atom is -0.467 e. The van der Waals surface area contributed by atoms with Gasteiger partial charge in [0.05, 0.1) is 12.8 Å². The summed E-state index contributed by atoms with van der Waals surface area (Å²) in [6, 6.07) is 4.62. The number of fused-ring (bicyclic) bond motifs is 1. The van der Waals surface area contributed by atoms with E-state index in [9.17, 15) is 9.59 Å². The van der Waals surface area contributed by atoms with Crippen molar-refractivity contribution in [2.24, 2.45) is 0 Å². The smallest absolute Gasteiger partial charge is 0.329 e. The monoisotopic (exact) mass is 361 g/mol. The number of rotatable bonds is 4. The number of hydrogen-bond acceptors (Lipinski definition) is 6. The Labute approximate surface area is 148 Å². The van der Waals surface area contributed by atoms with Gasteiger partial charge in [0.15, 0.2) is 11.2 Å². The number of carbonyl (C=O) groups is 1. The molecule has 3 rings (SSSR count). The zero-order valence-electron chi connectivity index (χ0n) is 13.9. The van der Waals surface area contributed by atoms with Gasteiger partial charge < -0.3 is 4.74 Å². The third-order valence-corrected chi connectivity index (χ3v) is 4.39. The van der Waals surface area contributed by atoms with Gasteiger partial charge in [-0.2, -0.15) is 4.68 Å². The average Bonchev–Trinajstić information content (AvgIpc) is 3.04. The SMILES string of the molecule is CC[C@H](C(=O)OC)n1cnc2c(nnn2-c2ccc(C)c(Cl)c2)c1=O. The zero-order valence-corrected chi connectivity index (χ0v) is 14.7. The lowest BCUT2D eigenvalue weighted by molar-refractivity contribution is -0.144. The molecule has 0 saturated carbocycles. The molecule has 0 unspecified atom stereocenters. The van der Waals surface area contributed by atoms with E-state index in [1.165, 1.54) is 22.7 Å². The van der Waals surface area contributed by atoms with Crippen LogP contribution in [0, 0.1) is 6.92 Å². The molecule has 0 aliphatic rings. The highest BCUT2D eigenvalue weighted by Gasteiger charge is 2.23. The van der Waals surface area contributed by atoms with Gasteiger partial charge in [0.1, 0.15) is 12.4 Å². The molecule has 0 aliphatic heterocycles. The van der Waals surface area contributed by atoms with E-state index in [-0.39, 0.29) is 5.52 Å². The number of aromatic nitrogens is 5. The van der Waals surface area contributed by atoms with Crippen LogP contribution < -0.4 is 5.56 Å². The van der Waals surface area contributed by atoms with Crippen molar-refractivity contribution in [3.8, 4) is 5.69 Å². The Hall–Kier alpha value is -2.74. The summed E-state index contributed by atoms with van der Waals surface area (Å²) in [5.74, 6) is -0.511. The molecule has 0 aliphatic carbocycles. The van der Waals surface area contributed by atoms with Crippen LogP contribution in [0.25, 0.3) is 16.9 Å². The molecule has 130 valence electrons. The van der Waals surface area contributed by atoms with Gasteiger partial charge in [-0.25, -0.2) is 9.78 Å². The van der Waals surface area contributed by atoms with Crippen LogP contribution >= 0.6 is 11.6 Å². The van der Waals surface area contributed by atoms with Crippen molar-refractivity contribution in [1.82, 2.24) is 24.5 Å². The van der Waals surface area contributed by atoms with Crippen molar-refractivity contribution in [2.75, 3.05) is 7.11 Å². The fourth-order valence-corrected chi connectivity index (χ4v) is 2.72. The molecule has 0 bridgehead atoms. The number of esters is 1. The van der Waals surface area contributed by atoms with E-state index in [4.69, 9.17) is 16.3 Å². The van der Waals surface area contributed by atoms with Crippen LogP contribution in [0.1, 0.15) is 24.9 Å². The van der Waals surface area contributed by atoms with Gasteiger partial charge in [0.2, 0.25) is 0 Å². The van der Waals surface area contributed by atoms with E-state index in [0.29, 0.717) is 22.8 Å². The maximum absolute atomic E-state index is 12.7. The number of carbonyl (C=O) groups excluding carboxylic acids is 1. The predicted octanol–water partition coefficient (Wildman–Crippen LogP) is 2.06. The van der Waals surface area contributed by atoms with Crippen LogP contribution in [-0.2, 0) is 9.53 Å². The van der Waals surface area contributed by atoms with Crippen LogP contribution in [-0.4, -0.2) is 37.6 Å². The summed E-state index contributed by atoms with van der Waals surface area (Å²) in [4.78, 5) is 28.8. The molecule has 0 radical (unpaired) electrons. The number of hydrogen-bond donors (Lipinski definition) is 0. The Bertz CT molecular complexity index is 1010. The number of aryl methyl sites for hydroxylation is 1. The molecule has 1 atom stereocenters. The predicted molar refractivity (Wildman–Crippen MR) is 92.0 cm³/mol. The molecule has 0 fully saturated rings. The van der Waals surface area contributed by atoms with E-state index in [1.54, 1.807) is 13.0 Å². The fourth-order valence-electron chi connectivity index (χ4n) is 2.55. The Kier molecular flexibility index (Phi) is 4.54. The van der Waals surface area contributed by atoms with Crippen molar-refractivity contribution in [1.29, 1.82) is 0 Å². The molecule has 9 heteroatoms. The molecule has 0 N–H and O–H groups in total. The Morgan fingerprint density at radius 2 is 2.16 bits per heavy atom. The molecule has 0 spiro atoms. The van der Waals surface area contributed by atoms with Crippen LogP contribution in [0.15, 0.2) is 29.3 Å². The van der Waals surface area contributed by atoms with Crippen molar-refractivity contribution in [3.05, 3.63) is 45.5 Å². The molecule has 8 nitrogen and oxygen atoms in total. The van der Waals surface area contributed by atoms with Gasteiger partial charge in [-0.15, -0.1) is 5.10 Å². The first kappa shape index (κ1) is 17.1. The fraction of sp³-hybridized carbons (Fsp3) is 0.312. The normalized spacial score (nSPS) is 12.3. The lowest BCUT2D eigenvalue weighted by Gasteiger charge is -2.14. The molecule has 2 heterocycles. The molecule has 25 heavy (non-hydrogen) atoms. The van der Waals surface area contributed by atoms with Crippen LogP contribution in [0.3, 0.4) is 0 Å². The summed E-state index contributed by atoms with van der Waals surface area (Å²) in [5.41, 5.74) is 1.48. The summed E-state index contributed by atoms with van der Waals surface area (Å²) in [6.07, 6.45) is 1.70. The lowest BCUT2D eigenvalue weighted by Crippen LogP contribution is -2.30. The van der Waals surface area contributed by atoms with Gasteiger partial charge >= 0.3 is 5.97 Å². The van der Waals surface area contributed by atoms with E-state index in [2.05, 4.69) is 15.3 Å². The first-order chi connectivity index (χ1) is 12.0. The van der Waals surface area contributed by atoms with Crippen LogP contribution in [0.5, 0.6) is 0 Å². The molecular weight excluding hydrogens is 346 g/mol. The maximum Gasteiger partial charge on any atom is 0.329 e. The van der Waals surface area contributed by atoms with Crippen molar-refractivity contribution in [3.63, 3.8) is 0 Å². The lowest BCUT2D eigenvalue weighted by atomic mass is 10.2. The number of methoxy groups -OCH3 is 1. The van der Waals surface area contributed by atoms with Gasteiger partial charge in [0.25, 0.3) is 5.56 Å². The molecule has 1 aromatic carbocycles. The van der Waals surface area contributed by atoms with Crippen LogP contribution in [0.2, 0.25) is 5.02 Å². The quantitative estimate of drug-likeness (QED) is 0.660. The first-order valence-corrected chi connectivity index (χ1v) is 8.02. The molecule has 0 amide bonds.